The predicted molar refractivity (Wildman–Crippen MR) is 53.0 cm³/mol. The van der Waals surface area contributed by atoms with Crippen LogP contribution in [0.25, 0.3) is 0 Å². The van der Waals surface area contributed by atoms with E-state index in [2.05, 4.69) is 33.9 Å². The molecule has 0 radical (unpaired) electrons. The van der Waals surface area contributed by atoms with Crippen LogP contribution < -0.4 is 0 Å². The van der Waals surface area contributed by atoms with Gasteiger partial charge in [-0.05, 0) is 5.41 Å². The molecule has 2 nitrogen and oxygen atoms in total. The molecule has 0 spiro atoms. The number of aliphatic hydroxyl groups is 1. The maximum Gasteiger partial charge on any atom is 0.107 e. The monoisotopic (exact) mass is 188 g/mol. The van der Waals surface area contributed by atoms with Crippen molar-refractivity contribution < 1.29 is 9.84 Å². The lowest BCUT2D eigenvalue weighted by molar-refractivity contribution is -0.0106. The Morgan fingerprint density at radius 1 is 1.33 bits per heavy atom. The third-order valence-electron chi connectivity index (χ3n) is 2.91. The molecule has 1 aliphatic rings. The number of rotatable bonds is 2. The van der Waals surface area contributed by atoms with Crippen LogP contribution in [-0.2, 0) is 4.74 Å². The third-order valence-corrected chi connectivity index (χ3v) is 5.90. The summed E-state index contributed by atoms with van der Waals surface area (Å²) in [5, 5.41) is 9.97. The van der Waals surface area contributed by atoms with Crippen molar-refractivity contribution in [2.24, 2.45) is 5.41 Å². The Labute approximate surface area is 76.5 Å². The van der Waals surface area contributed by atoms with E-state index in [9.17, 15) is 5.11 Å². The van der Waals surface area contributed by atoms with Crippen molar-refractivity contribution in [1.82, 2.24) is 0 Å². The Morgan fingerprint density at radius 3 is 1.83 bits per heavy atom. The van der Waals surface area contributed by atoms with E-state index in [4.69, 9.17) is 4.74 Å². The normalized spacial score (nSPS) is 28.8. The Kier molecular flexibility index (Phi) is 2.40. The minimum absolute atomic E-state index is 0.0471. The number of ether oxygens (including phenoxy) is 1. The van der Waals surface area contributed by atoms with Crippen LogP contribution in [0.2, 0.25) is 13.1 Å². The van der Waals surface area contributed by atoms with Gasteiger partial charge < -0.3 is 9.84 Å². The second kappa shape index (κ2) is 2.82. The van der Waals surface area contributed by atoms with E-state index in [-0.39, 0.29) is 11.5 Å². The van der Waals surface area contributed by atoms with Gasteiger partial charge in [0.2, 0.25) is 0 Å². The highest BCUT2D eigenvalue weighted by Gasteiger charge is 2.55. The Hall–Kier alpha value is 0.137. The van der Waals surface area contributed by atoms with Crippen molar-refractivity contribution in [3.05, 3.63) is 0 Å². The van der Waals surface area contributed by atoms with Crippen LogP contribution in [-0.4, -0.2) is 31.8 Å². The standard InChI is InChI=1S/C9H20O2Si/c1-8(2,3)9(10,12(4)5)7-6-11-7/h7,10,12H,6H2,1-5H3/t7-,9?/m1/s1. The number of hydrogen-bond acceptors (Lipinski definition) is 2. The van der Waals surface area contributed by atoms with Crippen molar-refractivity contribution in [1.29, 1.82) is 0 Å². The zero-order chi connectivity index (χ0) is 9.57. The molecule has 1 aliphatic heterocycles. The summed E-state index contributed by atoms with van der Waals surface area (Å²) in [5.41, 5.74) is -0.0471. The van der Waals surface area contributed by atoms with E-state index in [1.807, 2.05) is 0 Å². The van der Waals surface area contributed by atoms with E-state index in [0.29, 0.717) is 0 Å². The van der Waals surface area contributed by atoms with Gasteiger partial charge in [0.05, 0.1) is 20.6 Å². The maximum absolute atomic E-state index is 10.5. The fraction of sp³-hybridized carbons (Fsp3) is 1.00. The average Bonchev–Trinajstić information content (AvgIpc) is 2.63. The Balaban J connectivity index is 2.85. The minimum Gasteiger partial charge on any atom is -0.390 e. The first-order chi connectivity index (χ1) is 5.30. The van der Waals surface area contributed by atoms with Gasteiger partial charge in [-0.1, -0.05) is 33.9 Å². The topological polar surface area (TPSA) is 32.8 Å². The number of hydrogen-bond donors (Lipinski definition) is 1. The van der Waals surface area contributed by atoms with Crippen LogP contribution in [0.3, 0.4) is 0 Å². The predicted octanol–water partition coefficient (Wildman–Crippen LogP) is 1.19. The van der Waals surface area contributed by atoms with Crippen molar-refractivity contribution >= 4 is 8.80 Å². The molecule has 0 aromatic carbocycles. The Bertz CT molecular complexity index is 166. The second-order valence-electron chi connectivity index (χ2n) is 5.05. The van der Waals surface area contributed by atoms with Crippen LogP contribution in [0.5, 0.6) is 0 Å². The van der Waals surface area contributed by atoms with Crippen LogP contribution >= 0.6 is 0 Å². The molecule has 0 saturated carbocycles. The molecule has 1 N–H and O–H groups in total. The van der Waals surface area contributed by atoms with Crippen molar-refractivity contribution in [3.63, 3.8) is 0 Å². The lowest BCUT2D eigenvalue weighted by Gasteiger charge is -2.42. The molecule has 3 heteroatoms. The highest BCUT2D eigenvalue weighted by molar-refractivity contribution is 6.59. The molecule has 0 amide bonds. The van der Waals surface area contributed by atoms with E-state index in [0.717, 1.165) is 6.61 Å². The highest BCUT2D eigenvalue weighted by atomic mass is 28.3. The number of epoxide rings is 1. The summed E-state index contributed by atoms with van der Waals surface area (Å²) in [6.45, 7) is 11.4. The molecule has 1 unspecified atom stereocenters. The molecule has 1 fully saturated rings. The van der Waals surface area contributed by atoms with Crippen molar-refractivity contribution in [2.75, 3.05) is 6.61 Å². The fourth-order valence-electron chi connectivity index (χ4n) is 2.02. The summed E-state index contributed by atoms with van der Waals surface area (Å²) in [6.07, 6.45) is 0.115. The minimum atomic E-state index is -1.09. The van der Waals surface area contributed by atoms with Gasteiger partial charge in [0.1, 0.15) is 6.10 Å². The van der Waals surface area contributed by atoms with Crippen LogP contribution in [0.15, 0.2) is 0 Å². The van der Waals surface area contributed by atoms with Crippen molar-refractivity contribution in [3.8, 4) is 0 Å². The summed E-state index contributed by atoms with van der Waals surface area (Å²) >= 11 is 0. The quantitative estimate of drug-likeness (QED) is 0.521. The Morgan fingerprint density at radius 2 is 1.75 bits per heavy atom. The van der Waals surface area contributed by atoms with E-state index in [1.165, 1.54) is 0 Å². The molecule has 1 heterocycles. The molecule has 0 aliphatic carbocycles. The van der Waals surface area contributed by atoms with Gasteiger partial charge in [0.15, 0.2) is 0 Å². The third kappa shape index (κ3) is 1.45. The molecule has 12 heavy (non-hydrogen) atoms. The van der Waals surface area contributed by atoms with Gasteiger partial charge in [-0.15, -0.1) is 0 Å². The lowest BCUT2D eigenvalue weighted by Crippen LogP contribution is -2.57. The summed E-state index contributed by atoms with van der Waals surface area (Å²) < 4.78 is 5.25. The first kappa shape index (κ1) is 10.2. The first-order valence-electron chi connectivity index (χ1n) is 4.64. The van der Waals surface area contributed by atoms with Gasteiger partial charge in [-0.25, -0.2) is 0 Å². The molecular weight excluding hydrogens is 168 g/mol. The summed E-state index contributed by atoms with van der Waals surface area (Å²) in [4.78, 5) is 0. The lowest BCUT2D eigenvalue weighted by atomic mass is 9.86. The van der Waals surface area contributed by atoms with E-state index in [1.54, 1.807) is 0 Å². The van der Waals surface area contributed by atoms with Crippen LogP contribution in [0, 0.1) is 5.41 Å². The van der Waals surface area contributed by atoms with Crippen LogP contribution in [0.1, 0.15) is 20.8 Å². The highest BCUT2D eigenvalue weighted by Crippen LogP contribution is 2.41. The SMILES string of the molecule is C[SiH](C)C(O)([C@H]1CO1)C(C)(C)C. The van der Waals surface area contributed by atoms with Gasteiger partial charge >= 0.3 is 0 Å². The van der Waals surface area contributed by atoms with Gasteiger partial charge in [-0.2, -0.15) is 0 Å². The van der Waals surface area contributed by atoms with Gasteiger partial charge in [0, 0.05) is 0 Å². The first-order valence-corrected chi connectivity index (χ1v) is 7.53. The van der Waals surface area contributed by atoms with Gasteiger partial charge in [0.25, 0.3) is 0 Å². The maximum atomic E-state index is 10.5. The molecule has 0 aromatic rings. The fourth-order valence-corrected chi connectivity index (χ4v) is 4.69. The zero-order valence-corrected chi connectivity index (χ0v) is 9.87. The second-order valence-corrected chi connectivity index (χ2v) is 8.24. The molecule has 72 valence electrons. The largest absolute Gasteiger partial charge is 0.390 e. The van der Waals surface area contributed by atoms with Crippen molar-refractivity contribution in [2.45, 2.75) is 45.2 Å². The van der Waals surface area contributed by atoms with Crippen LogP contribution in [0.4, 0.5) is 0 Å². The molecule has 0 aromatic heterocycles. The average molecular weight is 188 g/mol. The van der Waals surface area contributed by atoms with Gasteiger partial charge in [-0.3, -0.25) is 0 Å². The van der Waals surface area contributed by atoms with E-state index < -0.39 is 14.0 Å². The molecule has 0 bridgehead atoms. The summed E-state index contributed by atoms with van der Waals surface area (Å²) in [6, 6.07) is 0. The molecule has 2 atom stereocenters. The zero-order valence-electron chi connectivity index (χ0n) is 8.72. The molecule has 1 rings (SSSR count). The van der Waals surface area contributed by atoms with E-state index >= 15 is 0 Å². The smallest absolute Gasteiger partial charge is 0.107 e. The molecular formula is C9H20O2Si. The molecule has 1 saturated heterocycles. The summed E-state index contributed by atoms with van der Waals surface area (Å²) in [7, 11) is -1.09. The summed E-state index contributed by atoms with van der Waals surface area (Å²) in [5.74, 6) is 0.